The molecule has 0 aliphatic carbocycles. The number of aryl methyl sites for hydroxylation is 1. The van der Waals surface area contributed by atoms with Crippen LogP contribution in [0.15, 0.2) is 60.4 Å². The second kappa shape index (κ2) is 7.23. The van der Waals surface area contributed by atoms with Crippen molar-refractivity contribution in [1.29, 1.82) is 0 Å². The maximum absolute atomic E-state index is 10.9. The molecule has 2 aromatic carbocycles. The van der Waals surface area contributed by atoms with Crippen molar-refractivity contribution in [2.75, 3.05) is 0 Å². The number of rotatable bonds is 5. The summed E-state index contributed by atoms with van der Waals surface area (Å²) in [7, 11) is 0. The van der Waals surface area contributed by atoms with Crippen molar-refractivity contribution in [3.05, 3.63) is 77.0 Å². The molecule has 21 heavy (non-hydrogen) atoms. The van der Waals surface area contributed by atoms with Crippen LogP contribution in [0.3, 0.4) is 0 Å². The van der Waals surface area contributed by atoms with Gasteiger partial charge >= 0.3 is 0 Å². The summed E-state index contributed by atoms with van der Waals surface area (Å²) in [4.78, 5) is 10.8. The summed E-state index contributed by atoms with van der Waals surface area (Å²) in [6, 6.07) is 18.0. The maximum atomic E-state index is 10.9. The molecular weight excluding hydrogens is 328 g/mol. The van der Waals surface area contributed by atoms with Crippen molar-refractivity contribution < 1.29 is 9.53 Å². The minimum atomic E-state index is -0.0717. The van der Waals surface area contributed by atoms with Crippen LogP contribution in [0.25, 0.3) is 5.57 Å². The lowest BCUT2D eigenvalue weighted by Gasteiger charge is -2.18. The van der Waals surface area contributed by atoms with Crippen LogP contribution in [-0.4, -0.2) is 11.3 Å². The first kappa shape index (κ1) is 15.5. The number of carbonyl (C=O) groups is 1. The van der Waals surface area contributed by atoms with Gasteiger partial charge in [-0.3, -0.25) is 4.79 Å². The fraction of sp³-hybridized carbons (Fsp3) is 0.167. The molecule has 0 saturated heterocycles. The Morgan fingerprint density at radius 3 is 2.29 bits per heavy atom. The van der Waals surface area contributed by atoms with Gasteiger partial charge in [0, 0.05) is 5.57 Å². The SMILES string of the molecule is Cc1ccccc1/C(=C(\OC=O)C(C)Br)c1ccccc1. The number of hydrogen-bond acceptors (Lipinski definition) is 2. The normalized spacial score (nSPS) is 13.3. The van der Waals surface area contributed by atoms with Gasteiger partial charge in [0.25, 0.3) is 6.47 Å². The summed E-state index contributed by atoms with van der Waals surface area (Å²) in [6.07, 6.45) is 0. The summed E-state index contributed by atoms with van der Waals surface area (Å²) < 4.78 is 5.28. The molecule has 1 atom stereocenters. The monoisotopic (exact) mass is 344 g/mol. The number of hydrogen-bond donors (Lipinski definition) is 0. The molecule has 0 aliphatic rings. The van der Waals surface area contributed by atoms with Crippen LogP contribution < -0.4 is 0 Å². The highest BCUT2D eigenvalue weighted by atomic mass is 79.9. The van der Waals surface area contributed by atoms with Crippen molar-refractivity contribution in [3.8, 4) is 0 Å². The molecule has 0 aromatic heterocycles. The number of halogens is 1. The summed E-state index contributed by atoms with van der Waals surface area (Å²) in [6.45, 7) is 4.48. The van der Waals surface area contributed by atoms with E-state index in [1.807, 2.05) is 55.5 Å². The summed E-state index contributed by atoms with van der Waals surface area (Å²) >= 11 is 3.52. The van der Waals surface area contributed by atoms with Gasteiger partial charge in [0.1, 0.15) is 5.76 Å². The minimum absolute atomic E-state index is 0.0717. The molecular formula is C18H17BrO2. The van der Waals surface area contributed by atoms with Gasteiger partial charge in [-0.15, -0.1) is 0 Å². The average Bonchev–Trinajstić information content (AvgIpc) is 2.49. The molecule has 2 rings (SSSR count). The number of carbonyl (C=O) groups excluding carboxylic acids is 1. The Labute approximate surface area is 133 Å². The molecule has 0 N–H and O–H groups in total. The molecule has 0 spiro atoms. The first-order valence-corrected chi connectivity index (χ1v) is 7.66. The van der Waals surface area contributed by atoms with Crippen molar-refractivity contribution >= 4 is 28.0 Å². The van der Waals surface area contributed by atoms with Crippen LogP contribution in [-0.2, 0) is 9.53 Å². The molecule has 0 saturated carbocycles. The van der Waals surface area contributed by atoms with E-state index in [2.05, 4.69) is 28.9 Å². The van der Waals surface area contributed by atoms with Crippen LogP contribution >= 0.6 is 15.9 Å². The zero-order valence-corrected chi connectivity index (χ0v) is 13.6. The van der Waals surface area contributed by atoms with Crippen molar-refractivity contribution in [3.63, 3.8) is 0 Å². The van der Waals surface area contributed by atoms with Gasteiger partial charge < -0.3 is 4.74 Å². The van der Waals surface area contributed by atoms with Gasteiger partial charge in [0.15, 0.2) is 0 Å². The van der Waals surface area contributed by atoms with E-state index in [4.69, 9.17) is 4.74 Å². The predicted octanol–water partition coefficient (Wildman–Crippen LogP) is 4.71. The number of ether oxygens (including phenoxy) is 1. The zero-order valence-electron chi connectivity index (χ0n) is 12.0. The largest absolute Gasteiger partial charge is 0.431 e. The van der Waals surface area contributed by atoms with Gasteiger partial charge in [0.05, 0.1) is 4.83 Å². The van der Waals surface area contributed by atoms with E-state index in [0.717, 1.165) is 22.3 Å². The van der Waals surface area contributed by atoms with E-state index in [9.17, 15) is 4.79 Å². The smallest absolute Gasteiger partial charge is 0.298 e. The molecule has 0 bridgehead atoms. The predicted molar refractivity (Wildman–Crippen MR) is 89.2 cm³/mol. The fourth-order valence-corrected chi connectivity index (χ4v) is 2.63. The van der Waals surface area contributed by atoms with Crippen molar-refractivity contribution in [2.24, 2.45) is 0 Å². The Morgan fingerprint density at radius 2 is 1.71 bits per heavy atom. The molecule has 0 aliphatic heterocycles. The van der Waals surface area contributed by atoms with Crippen LogP contribution in [0.1, 0.15) is 23.6 Å². The van der Waals surface area contributed by atoms with E-state index in [1.165, 1.54) is 0 Å². The van der Waals surface area contributed by atoms with E-state index in [0.29, 0.717) is 12.2 Å². The molecule has 0 fully saturated rings. The summed E-state index contributed by atoms with van der Waals surface area (Å²) in [5, 5.41) is 0. The summed E-state index contributed by atoms with van der Waals surface area (Å²) in [5.41, 5.74) is 4.16. The van der Waals surface area contributed by atoms with Gasteiger partial charge in [-0.2, -0.15) is 0 Å². The molecule has 1 unspecified atom stereocenters. The molecule has 0 heterocycles. The minimum Gasteiger partial charge on any atom is -0.431 e. The highest BCUT2D eigenvalue weighted by Gasteiger charge is 2.18. The Balaban J connectivity index is 2.74. The molecule has 0 amide bonds. The Morgan fingerprint density at radius 1 is 1.10 bits per heavy atom. The zero-order chi connectivity index (χ0) is 15.2. The Bertz CT molecular complexity index is 645. The molecule has 2 aromatic rings. The third kappa shape index (κ3) is 3.61. The standard InChI is InChI=1S/C18H17BrO2/c1-13-8-6-7-11-16(13)17(15-9-4-3-5-10-15)18(14(2)19)21-12-20/h3-12,14H,1-2H3/b18-17-. The molecule has 0 radical (unpaired) electrons. The molecule has 2 nitrogen and oxygen atoms in total. The van der Waals surface area contributed by atoms with Crippen LogP contribution in [0.5, 0.6) is 0 Å². The lowest BCUT2D eigenvalue weighted by Crippen LogP contribution is -2.07. The molecule has 108 valence electrons. The van der Waals surface area contributed by atoms with E-state index in [1.54, 1.807) is 0 Å². The first-order chi connectivity index (χ1) is 10.1. The third-order valence-electron chi connectivity index (χ3n) is 3.26. The van der Waals surface area contributed by atoms with Crippen LogP contribution in [0.2, 0.25) is 0 Å². The highest BCUT2D eigenvalue weighted by Crippen LogP contribution is 2.32. The topological polar surface area (TPSA) is 26.3 Å². The van der Waals surface area contributed by atoms with E-state index >= 15 is 0 Å². The van der Waals surface area contributed by atoms with Gasteiger partial charge in [0.2, 0.25) is 0 Å². The number of alkyl halides is 1. The summed E-state index contributed by atoms with van der Waals surface area (Å²) in [5.74, 6) is 0.616. The van der Waals surface area contributed by atoms with Crippen LogP contribution in [0, 0.1) is 6.92 Å². The lowest BCUT2D eigenvalue weighted by molar-refractivity contribution is -0.125. The second-order valence-electron chi connectivity index (χ2n) is 4.75. The quantitative estimate of drug-likeness (QED) is 0.446. The fourth-order valence-electron chi connectivity index (χ4n) is 2.29. The van der Waals surface area contributed by atoms with Crippen LogP contribution in [0.4, 0.5) is 0 Å². The van der Waals surface area contributed by atoms with E-state index < -0.39 is 0 Å². The Kier molecular flexibility index (Phi) is 5.34. The number of allylic oxidation sites excluding steroid dienone is 1. The lowest BCUT2D eigenvalue weighted by atomic mass is 9.92. The Hall–Kier alpha value is -1.87. The first-order valence-electron chi connectivity index (χ1n) is 6.75. The van der Waals surface area contributed by atoms with Crippen molar-refractivity contribution in [2.45, 2.75) is 18.7 Å². The van der Waals surface area contributed by atoms with Crippen molar-refractivity contribution in [1.82, 2.24) is 0 Å². The second-order valence-corrected chi connectivity index (χ2v) is 6.12. The van der Waals surface area contributed by atoms with Gasteiger partial charge in [-0.05, 0) is 30.5 Å². The van der Waals surface area contributed by atoms with Gasteiger partial charge in [-0.1, -0.05) is 70.5 Å². The molecule has 3 heteroatoms. The third-order valence-corrected chi connectivity index (χ3v) is 3.68. The average molecular weight is 345 g/mol. The highest BCUT2D eigenvalue weighted by molar-refractivity contribution is 9.09. The van der Waals surface area contributed by atoms with Gasteiger partial charge in [-0.25, -0.2) is 0 Å². The maximum Gasteiger partial charge on any atom is 0.298 e. The number of benzene rings is 2. The van der Waals surface area contributed by atoms with E-state index in [-0.39, 0.29) is 4.83 Å².